The number of halogens is 2. The van der Waals surface area contributed by atoms with E-state index in [2.05, 4.69) is 5.32 Å². The molecule has 0 aromatic heterocycles. The lowest BCUT2D eigenvalue weighted by molar-refractivity contribution is -0.121. The number of likely N-dealkylation sites (tertiary alicyclic amines) is 1. The maximum Gasteiger partial charge on any atom is 0.410 e. The molecule has 1 saturated heterocycles. The zero-order valence-corrected chi connectivity index (χ0v) is 21.2. The van der Waals surface area contributed by atoms with Gasteiger partial charge in [0.15, 0.2) is 0 Å². The van der Waals surface area contributed by atoms with Gasteiger partial charge in [-0.2, -0.15) is 0 Å². The second kappa shape index (κ2) is 10.7. The lowest BCUT2D eigenvalue weighted by Gasteiger charge is -2.32. The van der Waals surface area contributed by atoms with Crippen LogP contribution in [-0.2, 0) is 19.6 Å². The average Bonchev–Trinajstić information content (AvgIpc) is 2.80. The minimum atomic E-state index is -4.34. The number of rotatable bonds is 6. The Bertz CT molecular complexity index is 1300. The number of amides is 2. The van der Waals surface area contributed by atoms with Crippen LogP contribution in [0.25, 0.3) is 0 Å². The number of ether oxygens (including phenoxy) is 1. The normalized spacial score (nSPS) is 14.7. The van der Waals surface area contributed by atoms with Crippen LogP contribution in [0.5, 0.6) is 0 Å². The summed E-state index contributed by atoms with van der Waals surface area (Å²) in [6, 6.07) is 5.84. The Balaban J connectivity index is 1.60. The smallest absolute Gasteiger partial charge is 0.410 e. The number of nitrogens with one attached hydrogen (secondary N) is 2. The van der Waals surface area contributed by atoms with E-state index in [0.29, 0.717) is 43.8 Å². The molecular weight excluding hydrogens is 512 g/mol. The van der Waals surface area contributed by atoms with Crippen molar-refractivity contribution in [3.8, 4) is 0 Å². The van der Waals surface area contributed by atoms with E-state index in [-0.39, 0.29) is 16.7 Å². The SMILES string of the molecule is CC(C)(C)OC(=O)N1CCC(C(=O)Nc2ccc(S(=O)(=O)Nc3cc(F)c(C(=O)O)cc3F)cc2)CC1. The fourth-order valence-electron chi connectivity index (χ4n) is 3.61. The van der Waals surface area contributed by atoms with Crippen LogP contribution in [0, 0.1) is 17.6 Å². The monoisotopic (exact) mass is 539 g/mol. The van der Waals surface area contributed by atoms with E-state index < -0.39 is 50.6 Å². The molecule has 2 aromatic carbocycles. The number of carbonyl (C=O) groups is 3. The highest BCUT2D eigenvalue weighted by atomic mass is 32.2. The second-order valence-electron chi connectivity index (χ2n) is 9.48. The molecule has 37 heavy (non-hydrogen) atoms. The van der Waals surface area contributed by atoms with E-state index in [0.717, 1.165) is 0 Å². The molecule has 0 aliphatic carbocycles. The summed E-state index contributed by atoms with van der Waals surface area (Å²) in [5, 5.41) is 11.5. The molecule has 0 unspecified atom stereocenters. The van der Waals surface area contributed by atoms with Gasteiger partial charge in [-0.15, -0.1) is 0 Å². The first-order valence-corrected chi connectivity index (χ1v) is 12.8. The highest BCUT2D eigenvalue weighted by molar-refractivity contribution is 7.92. The first-order chi connectivity index (χ1) is 17.2. The van der Waals surface area contributed by atoms with Crippen molar-refractivity contribution >= 4 is 39.4 Å². The number of anilines is 2. The van der Waals surface area contributed by atoms with Crippen molar-refractivity contribution in [1.82, 2.24) is 4.90 Å². The number of hydrogen-bond donors (Lipinski definition) is 3. The zero-order chi connectivity index (χ0) is 27.5. The van der Waals surface area contributed by atoms with Gasteiger partial charge in [-0.25, -0.2) is 26.8 Å². The number of benzene rings is 2. The molecule has 3 N–H and O–H groups in total. The van der Waals surface area contributed by atoms with Crippen molar-refractivity contribution in [2.24, 2.45) is 5.92 Å². The summed E-state index contributed by atoms with van der Waals surface area (Å²) in [6.45, 7) is 6.04. The third-order valence-electron chi connectivity index (χ3n) is 5.48. The largest absolute Gasteiger partial charge is 0.478 e. The Morgan fingerprint density at radius 2 is 1.62 bits per heavy atom. The number of hydrogen-bond acceptors (Lipinski definition) is 6. The van der Waals surface area contributed by atoms with Gasteiger partial charge in [-0.05, 0) is 63.9 Å². The van der Waals surface area contributed by atoms with Crippen molar-refractivity contribution in [3.63, 3.8) is 0 Å². The maximum atomic E-state index is 14.1. The topological polar surface area (TPSA) is 142 Å². The molecule has 200 valence electrons. The molecule has 1 heterocycles. The summed E-state index contributed by atoms with van der Waals surface area (Å²) >= 11 is 0. The van der Waals surface area contributed by atoms with E-state index in [1.54, 1.807) is 25.7 Å². The van der Waals surface area contributed by atoms with Gasteiger partial charge in [0.2, 0.25) is 5.91 Å². The van der Waals surface area contributed by atoms with Crippen molar-refractivity contribution in [2.75, 3.05) is 23.1 Å². The molecule has 0 bridgehead atoms. The van der Waals surface area contributed by atoms with E-state index in [1.165, 1.54) is 24.3 Å². The maximum absolute atomic E-state index is 14.1. The zero-order valence-electron chi connectivity index (χ0n) is 20.4. The number of sulfonamides is 1. The Hall–Kier alpha value is -3.74. The van der Waals surface area contributed by atoms with Crippen LogP contribution >= 0.6 is 0 Å². The van der Waals surface area contributed by atoms with Crippen LogP contribution in [0.3, 0.4) is 0 Å². The number of carboxylic acid groups (broad SMARTS) is 1. The summed E-state index contributed by atoms with van der Waals surface area (Å²) in [5.74, 6) is -4.90. The van der Waals surface area contributed by atoms with Crippen molar-refractivity contribution < 1.29 is 41.4 Å². The molecule has 1 fully saturated rings. The van der Waals surface area contributed by atoms with Crippen LogP contribution in [0.1, 0.15) is 44.0 Å². The second-order valence-corrected chi connectivity index (χ2v) is 11.2. The highest BCUT2D eigenvalue weighted by Gasteiger charge is 2.30. The fraction of sp³-hybridized carbons (Fsp3) is 0.375. The van der Waals surface area contributed by atoms with Gasteiger partial charge in [0.25, 0.3) is 10.0 Å². The van der Waals surface area contributed by atoms with Crippen LogP contribution in [0.2, 0.25) is 0 Å². The fourth-order valence-corrected chi connectivity index (χ4v) is 4.66. The number of piperidine rings is 1. The number of carbonyl (C=O) groups excluding carboxylic acids is 2. The molecule has 1 aliphatic rings. The molecule has 0 spiro atoms. The predicted molar refractivity (Wildman–Crippen MR) is 130 cm³/mol. The van der Waals surface area contributed by atoms with Crippen LogP contribution in [0.15, 0.2) is 41.3 Å². The van der Waals surface area contributed by atoms with Crippen molar-refractivity contribution in [2.45, 2.75) is 44.1 Å². The minimum Gasteiger partial charge on any atom is -0.478 e. The quantitative estimate of drug-likeness (QED) is 0.503. The van der Waals surface area contributed by atoms with Crippen LogP contribution < -0.4 is 10.0 Å². The summed E-state index contributed by atoms with van der Waals surface area (Å²) < 4.78 is 60.4. The van der Waals surface area contributed by atoms with E-state index in [4.69, 9.17) is 9.84 Å². The van der Waals surface area contributed by atoms with E-state index in [9.17, 15) is 31.6 Å². The lowest BCUT2D eigenvalue weighted by atomic mass is 9.96. The molecular formula is C24H27F2N3O7S. The third kappa shape index (κ3) is 7.15. The average molecular weight is 540 g/mol. The number of carboxylic acids is 1. The first kappa shape index (κ1) is 27.8. The highest BCUT2D eigenvalue weighted by Crippen LogP contribution is 2.25. The van der Waals surface area contributed by atoms with Gasteiger partial charge in [0, 0.05) is 30.8 Å². The van der Waals surface area contributed by atoms with Crippen molar-refractivity contribution in [3.05, 3.63) is 53.6 Å². The molecule has 0 saturated carbocycles. The first-order valence-electron chi connectivity index (χ1n) is 11.3. The van der Waals surface area contributed by atoms with Gasteiger partial charge in [-0.1, -0.05) is 0 Å². The summed E-state index contributed by atoms with van der Waals surface area (Å²) in [7, 11) is -4.34. The van der Waals surface area contributed by atoms with Gasteiger partial charge in [0.05, 0.1) is 16.1 Å². The number of aromatic carboxylic acids is 1. The molecule has 3 rings (SSSR count). The van der Waals surface area contributed by atoms with E-state index >= 15 is 0 Å². The molecule has 2 aromatic rings. The molecule has 2 amide bonds. The van der Waals surface area contributed by atoms with Crippen LogP contribution in [0.4, 0.5) is 25.0 Å². The van der Waals surface area contributed by atoms with Crippen LogP contribution in [-0.4, -0.2) is 55.1 Å². The Morgan fingerprint density at radius 3 is 2.16 bits per heavy atom. The number of nitrogens with zero attached hydrogens (tertiary/aromatic N) is 1. The van der Waals surface area contributed by atoms with E-state index in [1.807, 2.05) is 4.72 Å². The molecule has 10 nitrogen and oxygen atoms in total. The molecule has 0 radical (unpaired) electrons. The van der Waals surface area contributed by atoms with Gasteiger partial charge in [-0.3, -0.25) is 9.52 Å². The van der Waals surface area contributed by atoms with Gasteiger partial charge < -0.3 is 20.1 Å². The molecule has 0 atom stereocenters. The lowest BCUT2D eigenvalue weighted by Crippen LogP contribution is -2.43. The standard InChI is InChI=1S/C24H27F2N3O7S/c1-24(2,3)36-23(33)29-10-8-14(9-11-29)21(30)27-15-4-6-16(7-5-15)37(34,35)28-20-13-18(25)17(22(31)32)12-19(20)26/h4-7,12-14,28H,8-11H2,1-3H3,(H,27,30)(H,31,32). The third-order valence-corrected chi connectivity index (χ3v) is 6.86. The Morgan fingerprint density at radius 1 is 1.03 bits per heavy atom. The summed E-state index contributed by atoms with van der Waals surface area (Å²) in [4.78, 5) is 37.0. The van der Waals surface area contributed by atoms with Gasteiger partial charge in [0.1, 0.15) is 17.2 Å². The van der Waals surface area contributed by atoms with Crippen molar-refractivity contribution in [1.29, 1.82) is 0 Å². The molecule has 1 aliphatic heterocycles. The van der Waals surface area contributed by atoms with Gasteiger partial charge >= 0.3 is 12.1 Å². The summed E-state index contributed by atoms with van der Waals surface area (Å²) in [6.07, 6.45) is 0.436. The Kier molecular flexibility index (Phi) is 8.06. The Labute approximate surface area is 212 Å². The predicted octanol–water partition coefficient (Wildman–Crippen LogP) is 4.05. The minimum absolute atomic E-state index is 0.284. The molecule has 13 heteroatoms. The summed E-state index contributed by atoms with van der Waals surface area (Å²) in [5.41, 5.74) is -1.98.